The standard InChI is InChI=1S/C14H16O3/c1-2-14(8-13(15)17-11-14)10-16-9-12-6-4-3-5-7-12/h2-7H,1,8-11H2. The monoisotopic (exact) mass is 232 g/mol. The van der Waals surface area contributed by atoms with E-state index in [1.54, 1.807) is 6.08 Å². The van der Waals surface area contributed by atoms with Crippen molar-refractivity contribution < 1.29 is 14.3 Å². The van der Waals surface area contributed by atoms with Crippen LogP contribution in [-0.2, 0) is 20.9 Å². The van der Waals surface area contributed by atoms with Crippen LogP contribution < -0.4 is 0 Å². The first-order valence-electron chi connectivity index (χ1n) is 5.65. The summed E-state index contributed by atoms with van der Waals surface area (Å²) in [6.07, 6.45) is 2.13. The molecule has 0 aliphatic carbocycles. The van der Waals surface area contributed by atoms with Crippen LogP contribution in [0.4, 0.5) is 0 Å². The van der Waals surface area contributed by atoms with Crippen molar-refractivity contribution in [2.75, 3.05) is 13.2 Å². The summed E-state index contributed by atoms with van der Waals surface area (Å²) in [7, 11) is 0. The predicted octanol–water partition coefficient (Wildman–Crippen LogP) is 2.32. The number of carbonyl (C=O) groups excluding carboxylic acids is 1. The number of hydrogen-bond donors (Lipinski definition) is 0. The molecule has 1 aliphatic heterocycles. The maximum atomic E-state index is 11.1. The summed E-state index contributed by atoms with van der Waals surface area (Å²) < 4.78 is 10.6. The van der Waals surface area contributed by atoms with Crippen molar-refractivity contribution in [2.45, 2.75) is 13.0 Å². The largest absolute Gasteiger partial charge is 0.465 e. The van der Waals surface area contributed by atoms with Gasteiger partial charge in [-0.3, -0.25) is 4.79 Å². The molecule has 1 saturated heterocycles. The van der Waals surface area contributed by atoms with Gasteiger partial charge in [-0.25, -0.2) is 0 Å². The van der Waals surface area contributed by atoms with Crippen molar-refractivity contribution in [1.29, 1.82) is 0 Å². The number of hydrogen-bond acceptors (Lipinski definition) is 3. The zero-order valence-corrected chi connectivity index (χ0v) is 9.72. The summed E-state index contributed by atoms with van der Waals surface area (Å²) in [6, 6.07) is 9.94. The molecule has 0 aromatic heterocycles. The quantitative estimate of drug-likeness (QED) is 0.577. The molecule has 3 nitrogen and oxygen atoms in total. The zero-order chi connectivity index (χ0) is 12.1. The number of ether oxygens (including phenoxy) is 2. The topological polar surface area (TPSA) is 35.5 Å². The van der Waals surface area contributed by atoms with Gasteiger partial charge in [0.05, 0.1) is 25.0 Å². The van der Waals surface area contributed by atoms with Gasteiger partial charge in [0.15, 0.2) is 0 Å². The normalized spacial score (nSPS) is 23.4. The lowest BCUT2D eigenvalue weighted by Gasteiger charge is -2.20. The first-order valence-corrected chi connectivity index (χ1v) is 5.65. The zero-order valence-electron chi connectivity index (χ0n) is 9.72. The second kappa shape index (κ2) is 5.15. The number of benzene rings is 1. The number of esters is 1. The minimum atomic E-state index is -0.341. The second-order valence-corrected chi connectivity index (χ2v) is 4.38. The van der Waals surface area contributed by atoms with Gasteiger partial charge in [-0.05, 0) is 5.56 Å². The van der Waals surface area contributed by atoms with Crippen molar-refractivity contribution in [1.82, 2.24) is 0 Å². The van der Waals surface area contributed by atoms with E-state index < -0.39 is 0 Å². The highest BCUT2D eigenvalue weighted by atomic mass is 16.5. The molecular weight excluding hydrogens is 216 g/mol. The minimum Gasteiger partial charge on any atom is -0.465 e. The lowest BCUT2D eigenvalue weighted by atomic mass is 9.88. The van der Waals surface area contributed by atoms with Crippen LogP contribution in [0.25, 0.3) is 0 Å². The molecule has 1 aromatic rings. The van der Waals surface area contributed by atoms with Gasteiger partial charge in [0.1, 0.15) is 6.61 Å². The third kappa shape index (κ3) is 2.94. The van der Waals surface area contributed by atoms with Gasteiger partial charge in [-0.15, -0.1) is 6.58 Å². The van der Waals surface area contributed by atoms with E-state index >= 15 is 0 Å². The highest BCUT2D eigenvalue weighted by Gasteiger charge is 2.38. The Balaban J connectivity index is 1.85. The Morgan fingerprint density at radius 2 is 2.18 bits per heavy atom. The van der Waals surface area contributed by atoms with Crippen LogP contribution in [-0.4, -0.2) is 19.2 Å². The predicted molar refractivity (Wildman–Crippen MR) is 64.3 cm³/mol. The Kier molecular flexibility index (Phi) is 3.59. The van der Waals surface area contributed by atoms with Gasteiger partial charge in [0.2, 0.25) is 0 Å². The number of cyclic esters (lactones) is 1. The molecular formula is C14H16O3. The molecule has 1 unspecified atom stereocenters. The Bertz CT molecular complexity index is 399. The summed E-state index contributed by atoms with van der Waals surface area (Å²) in [5.41, 5.74) is 0.781. The van der Waals surface area contributed by atoms with Crippen molar-refractivity contribution in [3.8, 4) is 0 Å². The fraction of sp³-hybridized carbons (Fsp3) is 0.357. The molecule has 3 heteroatoms. The van der Waals surface area contributed by atoms with E-state index in [1.165, 1.54) is 0 Å². The highest BCUT2D eigenvalue weighted by molar-refractivity contribution is 5.73. The maximum absolute atomic E-state index is 11.1. The van der Waals surface area contributed by atoms with E-state index in [1.807, 2.05) is 30.3 Å². The van der Waals surface area contributed by atoms with Crippen molar-refractivity contribution in [3.63, 3.8) is 0 Å². The average molecular weight is 232 g/mol. The number of carbonyl (C=O) groups is 1. The molecule has 0 radical (unpaired) electrons. The van der Waals surface area contributed by atoms with Crippen molar-refractivity contribution in [2.24, 2.45) is 5.41 Å². The van der Waals surface area contributed by atoms with E-state index in [0.717, 1.165) is 5.56 Å². The van der Waals surface area contributed by atoms with Crippen molar-refractivity contribution in [3.05, 3.63) is 48.6 Å². The molecule has 0 N–H and O–H groups in total. The van der Waals surface area contributed by atoms with Crippen LogP contribution in [0.5, 0.6) is 0 Å². The van der Waals surface area contributed by atoms with Crippen LogP contribution in [0.2, 0.25) is 0 Å². The lowest BCUT2D eigenvalue weighted by molar-refractivity contribution is -0.137. The van der Waals surface area contributed by atoms with E-state index in [0.29, 0.717) is 26.2 Å². The lowest BCUT2D eigenvalue weighted by Crippen LogP contribution is -2.24. The van der Waals surface area contributed by atoms with Gasteiger partial charge in [-0.1, -0.05) is 36.4 Å². The van der Waals surface area contributed by atoms with Gasteiger partial charge in [0.25, 0.3) is 0 Å². The highest BCUT2D eigenvalue weighted by Crippen LogP contribution is 2.31. The SMILES string of the molecule is C=CC1(COCc2ccccc2)COC(=O)C1. The Morgan fingerprint density at radius 3 is 2.76 bits per heavy atom. The summed E-state index contributed by atoms with van der Waals surface area (Å²) >= 11 is 0. The molecule has 0 bridgehead atoms. The fourth-order valence-electron chi connectivity index (χ4n) is 1.84. The van der Waals surface area contributed by atoms with E-state index in [-0.39, 0.29) is 11.4 Å². The average Bonchev–Trinajstić information content (AvgIpc) is 2.73. The van der Waals surface area contributed by atoms with Gasteiger partial charge in [-0.2, -0.15) is 0 Å². The summed E-state index contributed by atoms with van der Waals surface area (Å²) in [6.45, 7) is 5.16. The molecule has 0 spiro atoms. The van der Waals surface area contributed by atoms with E-state index in [2.05, 4.69) is 6.58 Å². The van der Waals surface area contributed by atoms with E-state index in [9.17, 15) is 4.79 Å². The number of rotatable bonds is 5. The van der Waals surface area contributed by atoms with Gasteiger partial charge in [0, 0.05) is 0 Å². The summed E-state index contributed by atoms with van der Waals surface area (Å²) in [5, 5.41) is 0. The van der Waals surface area contributed by atoms with Gasteiger partial charge >= 0.3 is 5.97 Å². The minimum absolute atomic E-state index is 0.173. The van der Waals surface area contributed by atoms with Crippen LogP contribution in [0, 0.1) is 5.41 Å². The molecule has 17 heavy (non-hydrogen) atoms. The fourth-order valence-corrected chi connectivity index (χ4v) is 1.84. The summed E-state index contributed by atoms with van der Waals surface area (Å²) in [5.74, 6) is -0.173. The molecule has 1 aliphatic rings. The molecule has 1 heterocycles. The molecule has 2 rings (SSSR count). The molecule has 1 atom stereocenters. The molecule has 1 aromatic carbocycles. The Labute approximate surface area is 101 Å². The molecule has 90 valence electrons. The Hall–Kier alpha value is -1.61. The summed E-state index contributed by atoms with van der Waals surface area (Å²) in [4.78, 5) is 11.1. The third-order valence-electron chi connectivity index (χ3n) is 2.95. The van der Waals surface area contributed by atoms with Crippen LogP contribution in [0.3, 0.4) is 0 Å². The third-order valence-corrected chi connectivity index (χ3v) is 2.95. The first kappa shape index (κ1) is 11.9. The van der Waals surface area contributed by atoms with Crippen LogP contribution in [0.1, 0.15) is 12.0 Å². The van der Waals surface area contributed by atoms with Crippen LogP contribution >= 0.6 is 0 Å². The van der Waals surface area contributed by atoms with Gasteiger partial charge < -0.3 is 9.47 Å². The van der Waals surface area contributed by atoms with Crippen molar-refractivity contribution >= 4 is 5.97 Å². The smallest absolute Gasteiger partial charge is 0.306 e. The second-order valence-electron chi connectivity index (χ2n) is 4.38. The first-order chi connectivity index (χ1) is 8.24. The van der Waals surface area contributed by atoms with Crippen LogP contribution in [0.15, 0.2) is 43.0 Å². The van der Waals surface area contributed by atoms with E-state index in [4.69, 9.17) is 9.47 Å². The molecule has 1 fully saturated rings. The maximum Gasteiger partial charge on any atom is 0.306 e. The molecule has 0 saturated carbocycles. The Morgan fingerprint density at radius 1 is 1.41 bits per heavy atom. The molecule has 0 amide bonds.